The second-order valence-corrected chi connectivity index (χ2v) is 3.36. The second kappa shape index (κ2) is 4.14. The van der Waals surface area contributed by atoms with Crippen molar-refractivity contribution in [2.45, 2.75) is 13.8 Å². The van der Waals surface area contributed by atoms with Gasteiger partial charge in [-0.05, 0) is 26.0 Å². The van der Waals surface area contributed by atoms with Gasteiger partial charge in [0.05, 0.1) is 16.7 Å². The van der Waals surface area contributed by atoms with E-state index in [4.69, 9.17) is 5.73 Å². The van der Waals surface area contributed by atoms with Crippen LogP contribution in [0.15, 0.2) is 12.1 Å². The van der Waals surface area contributed by atoms with Gasteiger partial charge in [-0.1, -0.05) is 0 Å². The molecule has 0 aliphatic rings. The Morgan fingerprint density at radius 3 is 1.94 bits per heavy atom. The fourth-order valence-corrected chi connectivity index (χ4v) is 1.44. The highest BCUT2D eigenvalue weighted by Gasteiger charge is 2.20. The molecule has 0 unspecified atom stereocenters. The molecular formula is C11H11NO4. The summed E-state index contributed by atoms with van der Waals surface area (Å²) >= 11 is 0. The average molecular weight is 221 g/mol. The molecule has 1 aromatic carbocycles. The van der Waals surface area contributed by atoms with Crippen molar-refractivity contribution in [3.8, 4) is 5.75 Å². The Morgan fingerprint density at radius 1 is 1.06 bits per heavy atom. The first-order valence-electron chi connectivity index (χ1n) is 4.54. The van der Waals surface area contributed by atoms with Crippen LogP contribution in [0.1, 0.15) is 44.9 Å². The van der Waals surface area contributed by atoms with E-state index in [1.165, 1.54) is 26.0 Å². The van der Waals surface area contributed by atoms with Gasteiger partial charge in [0.2, 0.25) is 5.91 Å². The zero-order valence-corrected chi connectivity index (χ0v) is 8.90. The van der Waals surface area contributed by atoms with Gasteiger partial charge in [-0.15, -0.1) is 0 Å². The number of amides is 1. The Labute approximate surface area is 91.9 Å². The largest absolute Gasteiger partial charge is 0.506 e. The highest BCUT2D eigenvalue weighted by Crippen LogP contribution is 2.26. The third kappa shape index (κ3) is 1.93. The number of benzene rings is 1. The van der Waals surface area contributed by atoms with Gasteiger partial charge in [-0.25, -0.2) is 0 Å². The summed E-state index contributed by atoms with van der Waals surface area (Å²) in [6.45, 7) is 2.44. The Morgan fingerprint density at radius 2 is 1.56 bits per heavy atom. The molecule has 3 N–H and O–H groups in total. The van der Waals surface area contributed by atoms with Crippen molar-refractivity contribution in [2.24, 2.45) is 5.73 Å². The van der Waals surface area contributed by atoms with Crippen molar-refractivity contribution in [1.82, 2.24) is 0 Å². The van der Waals surface area contributed by atoms with Gasteiger partial charge < -0.3 is 10.8 Å². The van der Waals surface area contributed by atoms with Crippen LogP contribution in [0.4, 0.5) is 0 Å². The highest BCUT2D eigenvalue weighted by atomic mass is 16.3. The van der Waals surface area contributed by atoms with Crippen molar-refractivity contribution in [3.63, 3.8) is 0 Å². The topological polar surface area (TPSA) is 97.5 Å². The molecule has 0 radical (unpaired) electrons. The average Bonchev–Trinajstić information content (AvgIpc) is 2.15. The highest BCUT2D eigenvalue weighted by molar-refractivity contribution is 6.11. The zero-order valence-electron chi connectivity index (χ0n) is 8.90. The summed E-state index contributed by atoms with van der Waals surface area (Å²) in [6.07, 6.45) is 0. The number of carbonyl (C=O) groups is 3. The molecule has 1 aromatic rings. The van der Waals surface area contributed by atoms with Crippen LogP contribution < -0.4 is 5.73 Å². The lowest BCUT2D eigenvalue weighted by Gasteiger charge is -2.08. The van der Waals surface area contributed by atoms with E-state index in [-0.39, 0.29) is 16.7 Å². The van der Waals surface area contributed by atoms with Crippen LogP contribution in [0.25, 0.3) is 0 Å². The summed E-state index contributed by atoms with van der Waals surface area (Å²) in [5, 5.41) is 9.71. The fourth-order valence-electron chi connectivity index (χ4n) is 1.44. The standard InChI is InChI=1S/C11H11NO4/c1-5(13)7-3-4-8(11(12)16)9(6(2)14)10(7)15/h3-4,15H,1-2H3,(H2,12,16). The minimum atomic E-state index is -0.824. The maximum Gasteiger partial charge on any atom is 0.249 e. The lowest BCUT2D eigenvalue weighted by molar-refractivity contribution is 0.0968. The number of phenolic OH excluding ortho intramolecular Hbond substituents is 1. The van der Waals surface area contributed by atoms with Gasteiger partial charge >= 0.3 is 0 Å². The van der Waals surface area contributed by atoms with Crippen LogP contribution >= 0.6 is 0 Å². The molecule has 84 valence electrons. The summed E-state index contributed by atoms with van der Waals surface area (Å²) in [7, 11) is 0. The van der Waals surface area contributed by atoms with E-state index >= 15 is 0 Å². The number of carbonyl (C=O) groups excluding carboxylic acids is 3. The monoisotopic (exact) mass is 221 g/mol. The normalized spacial score (nSPS) is 9.88. The molecule has 0 aliphatic carbocycles. The van der Waals surface area contributed by atoms with Gasteiger partial charge in [0.25, 0.3) is 0 Å². The number of ketones is 2. The SMILES string of the molecule is CC(=O)c1ccc(C(N)=O)c(C(C)=O)c1O. The van der Waals surface area contributed by atoms with Gasteiger partial charge in [-0.3, -0.25) is 14.4 Å². The zero-order chi connectivity index (χ0) is 12.5. The molecule has 5 heteroatoms. The van der Waals surface area contributed by atoms with Crippen molar-refractivity contribution >= 4 is 17.5 Å². The second-order valence-electron chi connectivity index (χ2n) is 3.36. The van der Waals surface area contributed by atoms with E-state index < -0.39 is 23.2 Å². The molecule has 16 heavy (non-hydrogen) atoms. The first kappa shape index (κ1) is 11.9. The van der Waals surface area contributed by atoms with Crippen molar-refractivity contribution in [1.29, 1.82) is 0 Å². The number of Topliss-reactive ketones (excluding diaryl/α,β-unsaturated/α-hetero) is 2. The lowest BCUT2D eigenvalue weighted by atomic mass is 9.97. The van der Waals surface area contributed by atoms with E-state index in [2.05, 4.69) is 0 Å². The van der Waals surface area contributed by atoms with Crippen LogP contribution in [0.5, 0.6) is 5.75 Å². The fraction of sp³-hybridized carbons (Fsp3) is 0.182. The first-order chi connectivity index (χ1) is 7.36. The van der Waals surface area contributed by atoms with Crippen molar-refractivity contribution in [2.75, 3.05) is 0 Å². The Bertz CT molecular complexity index is 491. The predicted molar refractivity (Wildman–Crippen MR) is 56.6 cm³/mol. The van der Waals surface area contributed by atoms with E-state index in [1.54, 1.807) is 0 Å². The lowest BCUT2D eigenvalue weighted by Crippen LogP contribution is -2.16. The third-order valence-corrected chi connectivity index (χ3v) is 2.17. The number of aromatic hydroxyl groups is 1. The molecule has 5 nitrogen and oxygen atoms in total. The number of phenols is 1. The summed E-state index contributed by atoms with van der Waals surface area (Å²) in [5.74, 6) is -2.22. The maximum atomic E-state index is 11.3. The van der Waals surface area contributed by atoms with E-state index in [0.29, 0.717) is 0 Å². The van der Waals surface area contributed by atoms with E-state index in [9.17, 15) is 19.5 Å². The molecule has 0 aliphatic heterocycles. The van der Waals surface area contributed by atoms with Crippen molar-refractivity contribution in [3.05, 3.63) is 28.8 Å². The number of hydrogen-bond acceptors (Lipinski definition) is 4. The maximum absolute atomic E-state index is 11.3. The quantitative estimate of drug-likeness (QED) is 0.741. The molecule has 0 heterocycles. The molecule has 1 amide bonds. The van der Waals surface area contributed by atoms with E-state index in [0.717, 1.165) is 0 Å². The van der Waals surface area contributed by atoms with Crippen LogP contribution in [-0.4, -0.2) is 22.6 Å². The number of rotatable bonds is 3. The molecule has 0 saturated carbocycles. The summed E-state index contributed by atoms with van der Waals surface area (Å²) in [6, 6.07) is 2.53. The summed E-state index contributed by atoms with van der Waals surface area (Å²) in [5.41, 5.74) is 4.76. The molecule has 0 saturated heterocycles. The van der Waals surface area contributed by atoms with Gasteiger partial charge in [0.15, 0.2) is 11.6 Å². The molecule has 0 aromatic heterocycles. The predicted octanol–water partition coefficient (Wildman–Crippen LogP) is 0.896. The first-order valence-corrected chi connectivity index (χ1v) is 4.54. The van der Waals surface area contributed by atoms with Crippen LogP contribution in [0, 0.1) is 0 Å². The number of nitrogens with two attached hydrogens (primary N) is 1. The third-order valence-electron chi connectivity index (χ3n) is 2.17. The number of primary amides is 1. The van der Waals surface area contributed by atoms with Crippen LogP contribution in [0.3, 0.4) is 0 Å². The molecule has 0 atom stereocenters. The molecule has 1 rings (SSSR count). The minimum Gasteiger partial charge on any atom is -0.506 e. The Hall–Kier alpha value is -2.17. The number of hydrogen-bond donors (Lipinski definition) is 2. The molecule has 0 spiro atoms. The van der Waals surface area contributed by atoms with Crippen LogP contribution in [-0.2, 0) is 0 Å². The van der Waals surface area contributed by atoms with Gasteiger partial charge in [-0.2, -0.15) is 0 Å². The minimum absolute atomic E-state index is 0.00444. The molecular weight excluding hydrogens is 210 g/mol. The molecule has 0 fully saturated rings. The smallest absolute Gasteiger partial charge is 0.249 e. The summed E-state index contributed by atoms with van der Waals surface area (Å²) < 4.78 is 0. The van der Waals surface area contributed by atoms with Gasteiger partial charge in [0.1, 0.15) is 5.75 Å². The van der Waals surface area contributed by atoms with Crippen molar-refractivity contribution < 1.29 is 19.5 Å². The summed E-state index contributed by atoms with van der Waals surface area (Å²) in [4.78, 5) is 33.5. The Kier molecular flexibility index (Phi) is 3.08. The van der Waals surface area contributed by atoms with Gasteiger partial charge in [0, 0.05) is 0 Å². The van der Waals surface area contributed by atoms with Crippen LogP contribution in [0.2, 0.25) is 0 Å². The van der Waals surface area contributed by atoms with E-state index in [1.807, 2.05) is 0 Å². The molecule has 0 bridgehead atoms. The Balaban J connectivity index is 3.60.